The monoisotopic (exact) mass is 344 g/mol. The highest BCUT2D eigenvalue weighted by atomic mass is 16.2. The van der Waals surface area contributed by atoms with Crippen LogP contribution >= 0.6 is 0 Å². The minimum absolute atomic E-state index is 0.0211. The van der Waals surface area contributed by atoms with Crippen LogP contribution in [-0.4, -0.2) is 78.4 Å². The molecule has 0 radical (unpaired) electrons. The molecule has 25 heavy (non-hydrogen) atoms. The zero-order valence-corrected chi connectivity index (χ0v) is 15.0. The molecule has 0 spiro atoms. The maximum atomic E-state index is 12.4. The number of hydrogen-bond acceptors (Lipinski definition) is 4. The van der Waals surface area contributed by atoms with Crippen LogP contribution in [0, 0.1) is 0 Å². The summed E-state index contributed by atoms with van der Waals surface area (Å²) in [5, 5.41) is 2.96. The zero-order valence-electron chi connectivity index (χ0n) is 15.0. The van der Waals surface area contributed by atoms with Crippen molar-refractivity contribution in [2.75, 3.05) is 51.1 Å². The third-order valence-corrected chi connectivity index (χ3v) is 5.19. The largest absolute Gasteiger partial charge is 0.342 e. The third-order valence-electron chi connectivity index (χ3n) is 5.19. The van der Waals surface area contributed by atoms with E-state index < -0.39 is 0 Å². The molecule has 2 heterocycles. The van der Waals surface area contributed by atoms with Crippen molar-refractivity contribution in [3.8, 4) is 0 Å². The Hall–Kier alpha value is -1.92. The van der Waals surface area contributed by atoms with E-state index in [0.717, 1.165) is 57.8 Å². The second kappa shape index (κ2) is 8.45. The van der Waals surface area contributed by atoms with Crippen molar-refractivity contribution in [2.45, 2.75) is 25.8 Å². The summed E-state index contributed by atoms with van der Waals surface area (Å²) < 4.78 is 0. The van der Waals surface area contributed by atoms with E-state index in [-0.39, 0.29) is 17.9 Å². The van der Waals surface area contributed by atoms with E-state index in [1.807, 2.05) is 42.2 Å². The quantitative estimate of drug-likeness (QED) is 0.874. The fourth-order valence-corrected chi connectivity index (χ4v) is 3.50. The predicted octanol–water partition coefficient (Wildman–Crippen LogP) is 1.25. The van der Waals surface area contributed by atoms with Crippen LogP contribution in [0.1, 0.15) is 19.8 Å². The van der Waals surface area contributed by atoms with Crippen LogP contribution in [-0.2, 0) is 9.59 Å². The number of likely N-dealkylation sites (tertiary alicyclic amines) is 1. The molecule has 0 aliphatic carbocycles. The van der Waals surface area contributed by atoms with Gasteiger partial charge in [0.05, 0.1) is 12.6 Å². The van der Waals surface area contributed by atoms with Gasteiger partial charge in [-0.05, 0) is 31.9 Å². The number of piperazine rings is 1. The summed E-state index contributed by atoms with van der Waals surface area (Å²) in [6, 6.07) is 9.38. The summed E-state index contributed by atoms with van der Waals surface area (Å²) in [4.78, 5) is 31.0. The lowest BCUT2D eigenvalue weighted by Crippen LogP contribution is -2.54. The second-order valence-corrected chi connectivity index (χ2v) is 6.93. The molecule has 2 aliphatic heterocycles. The molecule has 1 N–H and O–H groups in total. The number of para-hydroxylation sites is 1. The average molecular weight is 344 g/mol. The van der Waals surface area contributed by atoms with Crippen molar-refractivity contribution in [1.29, 1.82) is 0 Å². The fourth-order valence-electron chi connectivity index (χ4n) is 3.50. The molecule has 1 aromatic carbocycles. The van der Waals surface area contributed by atoms with Crippen LogP contribution in [0.25, 0.3) is 0 Å². The van der Waals surface area contributed by atoms with Gasteiger partial charge in [-0.25, -0.2) is 0 Å². The van der Waals surface area contributed by atoms with E-state index in [1.165, 1.54) is 0 Å². The van der Waals surface area contributed by atoms with Crippen LogP contribution in [0.3, 0.4) is 0 Å². The van der Waals surface area contributed by atoms with E-state index in [2.05, 4.69) is 15.1 Å². The SMILES string of the molecule is C[C@@H](C(=O)Nc1ccccc1)N1CCN(CC(=O)N2CCCC2)CC1. The zero-order chi connectivity index (χ0) is 17.6. The molecule has 2 amide bonds. The Labute approximate surface area is 149 Å². The van der Waals surface area contributed by atoms with Gasteiger partial charge in [0.2, 0.25) is 11.8 Å². The van der Waals surface area contributed by atoms with E-state index in [4.69, 9.17) is 0 Å². The molecule has 2 aliphatic rings. The van der Waals surface area contributed by atoms with Gasteiger partial charge in [0.1, 0.15) is 0 Å². The van der Waals surface area contributed by atoms with Gasteiger partial charge in [0.15, 0.2) is 0 Å². The first-order valence-electron chi connectivity index (χ1n) is 9.23. The molecular weight excluding hydrogens is 316 g/mol. The predicted molar refractivity (Wildman–Crippen MR) is 98.4 cm³/mol. The molecule has 0 unspecified atom stereocenters. The first-order valence-corrected chi connectivity index (χ1v) is 9.23. The number of benzene rings is 1. The Balaban J connectivity index is 1.43. The topological polar surface area (TPSA) is 55.9 Å². The highest BCUT2D eigenvalue weighted by Crippen LogP contribution is 2.12. The highest BCUT2D eigenvalue weighted by Gasteiger charge is 2.27. The van der Waals surface area contributed by atoms with Crippen molar-refractivity contribution in [3.05, 3.63) is 30.3 Å². The number of nitrogens with zero attached hydrogens (tertiary/aromatic N) is 3. The van der Waals surface area contributed by atoms with Crippen molar-refractivity contribution >= 4 is 17.5 Å². The lowest BCUT2D eigenvalue weighted by Gasteiger charge is -2.37. The molecule has 1 aromatic rings. The molecule has 6 heteroatoms. The van der Waals surface area contributed by atoms with E-state index in [1.54, 1.807) is 0 Å². The van der Waals surface area contributed by atoms with Gasteiger partial charge in [-0.15, -0.1) is 0 Å². The van der Waals surface area contributed by atoms with Gasteiger partial charge in [-0.2, -0.15) is 0 Å². The highest BCUT2D eigenvalue weighted by molar-refractivity contribution is 5.94. The van der Waals surface area contributed by atoms with Crippen LogP contribution in [0.15, 0.2) is 30.3 Å². The lowest BCUT2D eigenvalue weighted by atomic mass is 10.2. The molecule has 0 aromatic heterocycles. The first-order chi connectivity index (χ1) is 12.1. The molecule has 0 saturated carbocycles. The summed E-state index contributed by atoms with van der Waals surface area (Å²) in [6.07, 6.45) is 2.26. The Morgan fingerprint density at radius 3 is 2.28 bits per heavy atom. The minimum atomic E-state index is -0.170. The van der Waals surface area contributed by atoms with Crippen LogP contribution in [0.4, 0.5) is 5.69 Å². The van der Waals surface area contributed by atoms with E-state index in [0.29, 0.717) is 6.54 Å². The second-order valence-electron chi connectivity index (χ2n) is 6.93. The molecule has 1 atom stereocenters. The van der Waals surface area contributed by atoms with Gasteiger partial charge < -0.3 is 10.2 Å². The lowest BCUT2D eigenvalue weighted by molar-refractivity contribution is -0.132. The number of carbonyl (C=O) groups is 2. The molecular formula is C19H28N4O2. The summed E-state index contributed by atoms with van der Waals surface area (Å²) in [7, 11) is 0. The number of rotatable bonds is 5. The van der Waals surface area contributed by atoms with Gasteiger partial charge in [-0.1, -0.05) is 18.2 Å². The van der Waals surface area contributed by atoms with E-state index >= 15 is 0 Å². The van der Waals surface area contributed by atoms with Crippen LogP contribution in [0.5, 0.6) is 0 Å². The molecule has 0 bridgehead atoms. The van der Waals surface area contributed by atoms with Crippen molar-refractivity contribution < 1.29 is 9.59 Å². The number of nitrogens with one attached hydrogen (secondary N) is 1. The molecule has 2 fully saturated rings. The molecule has 6 nitrogen and oxygen atoms in total. The Bertz CT molecular complexity index is 578. The number of carbonyl (C=O) groups excluding carboxylic acids is 2. The van der Waals surface area contributed by atoms with Gasteiger partial charge >= 0.3 is 0 Å². The summed E-state index contributed by atoms with van der Waals surface area (Å²) in [6.45, 7) is 7.59. The van der Waals surface area contributed by atoms with Crippen LogP contribution < -0.4 is 5.32 Å². The van der Waals surface area contributed by atoms with Crippen molar-refractivity contribution in [2.24, 2.45) is 0 Å². The Morgan fingerprint density at radius 1 is 1.00 bits per heavy atom. The number of amides is 2. The van der Waals surface area contributed by atoms with Crippen molar-refractivity contribution in [3.63, 3.8) is 0 Å². The average Bonchev–Trinajstić information content (AvgIpc) is 3.17. The van der Waals surface area contributed by atoms with Crippen molar-refractivity contribution in [1.82, 2.24) is 14.7 Å². The number of anilines is 1. The van der Waals surface area contributed by atoms with Gasteiger partial charge in [0.25, 0.3) is 0 Å². The normalized spacial score (nSPS) is 20.4. The molecule has 2 saturated heterocycles. The Kier molecular flexibility index (Phi) is 6.04. The van der Waals surface area contributed by atoms with Crippen LogP contribution in [0.2, 0.25) is 0 Å². The maximum Gasteiger partial charge on any atom is 0.241 e. The summed E-state index contributed by atoms with van der Waals surface area (Å²) >= 11 is 0. The molecule has 136 valence electrons. The standard InChI is InChI=1S/C19H28N4O2/c1-16(19(25)20-17-7-3-2-4-8-17)22-13-11-21(12-14-22)15-18(24)23-9-5-6-10-23/h2-4,7-8,16H,5-6,9-15H2,1H3,(H,20,25)/t16-/m0/s1. The maximum absolute atomic E-state index is 12.4. The summed E-state index contributed by atoms with van der Waals surface area (Å²) in [5.74, 6) is 0.272. The Morgan fingerprint density at radius 2 is 1.64 bits per heavy atom. The fraction of sp³-hybridized carbons (Fsp3) is 0.579. The minimum Gasteiger partial charge on any atom is -0.342 e. The van der Waals surface area contributed by atoms with Gasteiger partial charge in [0, 0.05) is 45.0 Å². The molecule has 3 rings (SSSR count). The third kappa shape index (κ3) is 4.80. The first kappa shape index (κ1) is 17.9. The van der Waals surface area contributed by atoms with Gasteiger partial charge in [-0.3, -0.25) is 19.4 Å². The smallest absolute Gasteiger partial charge is 0.241 e. The number of hydrogen-bond donors (Lipinski definition) is 1. The van der Waals surface area contributed by atoms with E-state index in [9.17, 15) is 9.59 Å². The summed E-state index contributed by atoms with van der Waals surface area (Å²) in [5.41, 5.74) is 0.828.